The van der Waals surface area contributed by atoms with Gasteiger partial charge in [-0.3, -0.25) is 4.90 Å². The van der Waals surface area contributed by atoms with Gasteiger partial charge in [0.2, 0.25) is 0 Å². The van der Waals surface area contributed by atoms with Gasteiger partial charge in [-0.05, 0) is 74.6 Å². The molecule has 1 saturated heterocycles. The third-order valence-corrected chi connectivity index (χ3v) is 11.9. The molecule has 6 atom stereocenters. The zero-order valence-corrected chi connectivity index (χ0v) is 22.3. The highest BCUT2D eigenvalue weighted by Gasteiger charge is 2.82. The Labute approximate surface area is 220 Å². The fourth-order valence-electron chi connectivity index (χ4n) is 10.3. The predicted octanol–water partition coefficient (Wildman–Crippen LogP) is 4.80. The monoisotopic (exact) mass is 500 g/mol. The summed E-state index contributed by atoms with van der Waals surface area (Å²) < 4.78 is 13.7. The van der Waals surface area contributed by atoms with Crippen LogP contribution in [-0.2, 0) is 23.1 Å². The highest BCUT2D eigenvalue weighted by molar-refractivity contribution is 5.63. The minimum Gasteiger partial charge on any atom is -0.504 e. The highest BCUT2D eigenvalue weighted by Crippen LogP contribution is 2.78. The minimum absolute atomic E-state index is 0.0519. The molecule has 0 aromatic heterocycles. The van der Waals surface area contributed by atoms with Gasteiger partial charge in [-0.25, -0.2) is 0 Å². The Hall–Kier alpha value is -2.08. The lowest BCUT2D eigenvalue weighted by atomic mass is 9.32. The Kier molecular flexibility index (Phi) is 4.65. The molecule has 2 aromatic carbocycles. The summed E-state index contributed by atoms with van der Waals surface area (Å²) in [7, 11) is 1.92. The molecule has 5 heteroatoms. The minimum atomic E-state index is -0.387. The highest BCUT2D eigenvalue weighted by atomic mass is 16.6. The van der Waals surface area contributed by atoms with Crippen molar-refractivity contribution in [3.8, 4) is 11.5 Å². The van der Waals surface area contributed by atoms with E-state index in [1.165, 1.54) is 42.5 Å². The van der Waals surface area contributed by atoms with E-state index in [4.69, 9.17) is 9.47 Å². The Bertz CT molecular complexity index is 1250. The number of nitrogens with zero attached hydrogens (tertiary/aromatic N) is 1. The molecule has 2 N–H and O–H groups in total. The van der Waals surface area contributed by atoms with Crippen LogP contribution in [0.15, 0.2) is 42.5 Å². The van der Waals surface area contributed by atoms with Gasteiger partial charge >= 0.3 is 0 Å². The number of ether oxygens (including phenoxy) is 2. The molecule has 5 fully saturated rings. The zero-order chi connectivity index (χ0) is 25.0. The van der Waals surface area contributed by atoms with Crippen LogP contribution in [0.5, 0.6) is 11.5 Å². The molecule has 2 spiro atoms. The van der Waals surface area contributed by atoms with Crippen LogP contribution in [0.25, 0.3) is 0 Å². The number of piperidine rings is 1. The van der Waals surface area contributed by atoms with Crippen molar-refractivity contribution in [1.29, 1.82) is 0 Å². The van der Waals surface area contributed by atoms with Crippen molar-refractivity contribution in [3.05, 3.63) is 59.2 Å². The van der Waals surface area contributed by atoms with Crippen LogP contribution in [0.4, 0.5) is 0 Å². The molecule has 7 aliphatic rings. The van der Waals surface area contributed by atoms with Gasteiger partial charge in [0.05, 0.1) is 0 Å². The average molecular weight is 501 g/mol. The molecule has 196 valence electrons. The zero-order valence-electron chi connectivity index (χ0n) is 22.3. The van der Waals surface area contributed by atoms with Gasteiger partial charge in [0.25, 0.3) is 0 Å². The maximum Gasteiger partial charge on any atom is 0.165 e. The molecular formula is C32H40N2O3. The number of aromatic hydroxyl groups is 1. The van der Waals surface area contributed by atoms with Gasteiger partial charge in [-0.2, -0.15) is 0 Å². The van der Waals surface area contributed by atoms with Gasteiger partial charge in [0.1, 0.15) is 11.7 Å². The summed E-state index contributed by atoms with van der Waals surface area (Å²) >= 11 is 0. The number of rotatable bonds is 7. The first-order valence-electron chi connectivity index (χ1n) is 14.5. The lowest BCUT2D eigenvalue weighted by Gasteiger charge is -2.76. The Balaban J connectivity index is 1.25. The summed E-state index contributed by atoms with van der Waals surface area (Å²) in [6.45, 7) is 6.62. The van der Waals surface area contributed by atoms with Crippen molar-refractivity contribution in [2.24, 2.45) is 16.7 Å². The summed E-state index contributed by atoms with van der Waals surface area (Å²) in [6, 6.07) is 15.3. The SMILES string of the molecule is COC12CC[C@@]3(C[C@]1(C)CNCc1ccccc1)[C@H]1Cc4ccc(O)c5c4C3(CCN1CC1CC1)[C@H]2O5. The predicted molar refractivity (Wildman–Crippen MR) is 143 cm³/mol. The third-order valence-electron chi connectivity index (χ3n) is 11.9. The maximum absolute atomic E-state index is 11.0. The van der Waals surface area contributed by atoms with E-state index in [-0.39, 0.29) is 27.9 Å². The quantitative estimate of drug-likeness (QED) is 0.572. The van der Waals surface area contributed by atoms with E-state index >= 15 is 0 Å². The van der Waals surface area contributed by atoms with E-state index in [0.717, 1.165) is 57.0 Å². The summed E-state index contributed by atoms with van der Waals surface area (Å²) in [5.74, 6) is 1.97. The number of likely N-dealkylation sites (tertiary alicyclic amines) is 1. The first-order chi connectivity index (χ1) is 18.0. The van der Waals surface area contributed by atoms with Crippen LogP contribution in [0, 0.1) is 16.7 Å². The molecular weight excluding hydrogens is 460 g/mol. The number of hydrogen-bond acceptors (Lipinski definition) is 5. The number of phenolic OH excluding ortho intramolecular Hbond substituents is 1. The van der Waals surface area contributed by atoms with E-state index in [0.29, 0.717) is 11.8 Å². The van der Waals surface area contributed by atoms with Crippen LogP contribution in [-0.4, -0.2) is 54.5 Å². The first-order valence-corrected chi connectivity index (χ1v) is 14.5. The first kappa shape index (κ1) is 22.9. The summed E-state index contributed by atoms with van der Waals surface area (Å²) in [5.41, 5.74) is 3.71. The van der Waals surface area contributed by atoms with Crippen molar-refractivity contribution in [1.82, 2.24) is 10.2 Å². The van der Waals surface area contributed by atoms with E-state index in [1.54, 1.807) is 0 Å². The second-order valence-electron chi connectivity index (χ2n) is 13.4. The van der Waals surface area contributed by atoms with Crippen LogP contribution in [0.3, 0.4) is 0 Å². The Morgan fingerprint density at radius 1 is 1.11 bits per heavy atom. The van der Waals surface area contributed by atoms with Crippen LogP contribution >= 0.6 is 0 Å². The van der Waals surface area contributed by atoms with Crippen LogP contribution in [0.2, 0.25) is 0 Å². The number of fused-ring (bicyclic) bond motifs is 2. The average Bonchev–Trinajstić information content (AvgIpc) is 3.64. The molecule has 2 aromatic rings. The van der Waals surface area contributed by atoms with E-state index in [9.17, 15) is 5.11 Å². The lowest BCUT2D eigenvalue weighted by molar-refractivity contribution is -0.304. The van der Waals surface area contributed by atoms with Gasteiger partial charge in [-0.15, -0.1) is 0 Å². The molecule has 2 heterocycles. The van der Waals surface area contributed by atoms with Crippen LogP contribution < -0.4 is 10.1 Å². The second kappa shape index (κ2) is 7.52. The Morgan fingerprint density at radius 3 is 2.73 bits per heavy atom. The van der Waals surface area contributed by atoms with E-state index in [1.807, 2.05) is 13.2 Å². The molecule has 4 bridgehead atoms. The second-order valence-corrected chi connectivity index (χ2v) is 13.4. The maximum atomic E-state index is 11.0. The largest absolute Gasteiger partial charge is 0.504 e. The van der Waals surface area contributed by atoms with E-state index < -0.39 is 0 Å². The number of nitrogens with one attached hydrogen (secondary N) is 1. The normalized spacial score (nSPS) is 40.9. The van der Waals surface area contributed by atoms with Gasteiger partial charge in [0, 0.05) is 54.6 Å². The Morgan fingerprint density at radius 2 is 1.95 bits per heavy atom. The van der Waals surface area contributed by atoms with Crippen molar-refractivity contribution >= 4 is 0 Å². The molecule has 0 radical (unpaired) electrons. The number of benzene rings is 2. The summed E-state index contributed by atoms with van der Waals surface area (Å²) in [5, 5.41) is 14.9. The number of methoxy groups -OCH3 is 1. The van der Waals surface area contributed by atoms with Gasteiger partial charge in [0.15, 0.2) is 11.5 Å². The number of phenols is 1. The van der Waals surface area contributed by atoms with Crippen molar-refractivity contribution in [2.75, 3.05) is 26.7 Å². The molecule has 37 heavy (non-hydrogen) atoms. The van der Waals surface area contributed by atoms with Crippen molar-refractivity contribution in [2.45, 2.75) is 81.6 Å². The standard InChI is InChI=1S/C32H40N2O3/c1-29(20-33-17-21-6-4-3-5-7-21)19-30-12-13-32(29,36-2)28-31(30)14-15-34(18-22-8-9-22)25(30)16-23-10-11-24(35)27(37-28)26(23)31/h3-7,10-11,22,25,28,33,35H,8-9,12-20H2,1-2H3/t25-,28-,29-,30-,31?,32?/m1/s1. The molecule has 9 rings (SSSR count). The van der Waals surface area contributed by atoms with Crippen LogP contribution in [0.1, 0.15) is 62.1 Å². The van der Waals surface area contributed by atoms with Crippen molar-refractivity contribution in [3.63, 3.8) is 0 Å². The third kappa shape index (κ3) is 2.71. The molecule has 5 aliphatic carbocycles. The smallest absolute Gasteiger partial charge is 0.165 e. The molecule has 0 amide bonds. The fourth-order valence-corrected chi connectivity index (χ4v) is 10.3. The number of hydrogen-bond donors (Lipinski definition) is 2. The molecule has 4 saturated carbocycles. The molecule has 5 nitrogen and oxygen atoms in total. The topological polar surface area (TPSA) is 54.0 Å². The van der Waals surface area contributed by atoms with Gasteiger partial charge < -0.3 is 19.9 Å². The molecule has 2 unspecified atom stereocenters. The van der Waals surface area contributed by atoms with Gasteiger partial charge in [-0.1, -0.05) is 43.3 Å². The van der Waals surface area contributed by atoms with Crippen molar-refractivity contribution < 1.29 is 14.6 Å². The summed E-state index contributed by atoms with van der Waals surface area (Å²) in [4.78, 5) is 2.89. The fraction of sp³-hybridized carbons (Fsp3) is 0.625. The molecule has 2 aliphatic heterocycles. The summed E-state index contributed by atoms with van der Waals surface area (Å²) in [6.07, 6.45) is 8.31. The van der Waals surface area contributed by atoms with E-state index in [2.05, 4.69) is 53.5 Å². The lowest BCUT2D eigenvalue weighted by Crippen LogP contribution is -2.83.